The van der Waals surface area contributed by atoms with Gasteiger partial charge < -0.3 is 30.2 Å². The van der Waals surface area contributed by atoms with Gasteiger partial charge in [0.05, 0.1) is 27.2 Å². The smallest absolute Gasteiger partial charge is 0.129 e. The van der Waals surface area contributed by atoms with Gasteiger partial charge in [-0.25, -0.2) is 0 Å². The van der Waals surface area contributed by atoms with Gasteiger partial charge >= 0.3 is 0 Å². The van der Waals surface area contributed by atoms with E-state index in [4.69, 9.17) is 11.5 Å². The average Bonchev–Trinajstić information content (AvgIpc) is 3.48. The van der Waals surface area contributed by atoms with Gasteiger partial charge in [-0.05, 0) is 48.5 Å². The van der Waals surface area contributed by atoms with Crippen LogP contribution in [0.25, 0.3) is 0 Å². The maximum Gasteiger partial charge on any atom is 0.129 e. The van der Waals surface area contributed by atoms with Crippen molar-refractivity contribution in [2.45, 2.75) is 24.9 Å². The van der Waals surface area contributed by atoms with Crippen LogP contribution >= 0.6 is 0 Å². The van der Waals surface area contributed by atoms with E-state index in [0.717, 1.165) is 36.5 Å². The molecule has 6 nitrogen and oxygen atoms in total. The Morgan fingerprint density at radius 3 is 1.31 bits per heavy atom. The molecule has 3 saturated heterocycles. The minimum Gasteiger partial charge on any atom is -0.399 e. The molecule has 2 aromatic carbocycles. The number of quaternary nitrogens is 2. The molecule has 3 aliphatic rings. The number of anilines is 4. The molecule has 32 heavy (non-hydrogen) atoms. The van der Waals surface area contributed by atoms with Gasteiger partial charge in [-0.15, -0.1) is 0 Å². The van der Waals surface area contributed by atoms with E-state index in [2.05, 4.69) is 48.2 Å². The number of rotatable bonds is 4. The molecule has 3 heterocycles. The number of nitrogen functional groups attached to an aromatic ring is 2. The fourth-order valence-electron chi connectivity index (χ4n) is 6.21. The summed E-state index contributed by atoms with van der Waals surface area (Å²) in [6.45, 7) is 9.80. The Morgan fingerprint density at radius 1 is 0.625 bits per heavy atom. The lowest BCUT2D eigenvalue weighted by atomic mass is 10.1. The van der Waals surface area contributed by atoms with Crippen molar-refractivity contribution in [1.29, 1.82) is 0 Å². The van der Waals surface area contributed by atoms with Crippen LogP contribution in [-0.2, 0) is 0 Å². The summed E-state index contributed by atoms with van der Waals surface area (Å²) in [5, 5.41) is 0. The number of hydrogen-bond acceptors (Lipinski definition) is 4. The average molecular weight is 437 g/mol. The van der Waals surface area contributed by atoms with Gasteiger partial charge in [0, 0.05) is 48.7 Å². The molecule has 0 aromatic heterocycles. The lowest BCUT2D eigenvalue weighted by Crippen LogP contribution is -2.69. The number of nitrogens with zero attached hydrogens (tertiary/aromatic N) is 4. The van der Waals surface area contributed by atoms with Gasteiger partial charge in [-0.1, -0.05) is 0 Å². The van der Waals surface area contributed by atoms with Crippen LogP contribution in [0.5, 0.6) is 0 Å². The van der Waals surface area contributed by atoms with Crippen LogP contribution in [0.15, 0.2) is 48.5 Å². The summed E-state index contributed by atoms with van der Waals surface area (Å²) >= 11 is 0. The minimum absolute atomic E-state index is 0.733. The first-order chi connectivity index (χ1) is 15.3. The van der Waals surface area contributed by atoms with E-state index in [1.807, 2.05) is 24.3 Å². The number of piperazine rings is 1. The fraction of sp³-hybridized carbons (Fsp3) is 0.538. The quantitative estimate of drug-likeness (QED) is 0.571. The molecule has 0 bridgehead atoms. The zero-order chi connectivity index (χ0) is 22.3. The molecule has 2 atom stereocenters. The van der Waals surface area contributed by atoms with Crippen molar-refractivity contribution in [2.75, 3.05) is 87.7 Å². The molecule has 5 rings (SSSR count). The molecule has 2 aromatic rings. The van der Waals surface area contributed by atoms with Gasteiger partial charge in [0.2, 0.25) is 0 Å². The van der Waals surface area contributed by atoms with E-state index in [1.54, 1.807) is 0 Å². The molecule has 0 aliphatic carbocycles. The van der Waals surface area contributed by atoms with Gasteiger partial charge in [0.1, 0.15) is 38.3 Å². The third-order valence-corrected chi connectivity index (χ3v) is 8.85. The van der Waals surface area contributed by atoms with Crippen LogP contribution in [0.1, 0.15) is 12.8 Å². The predicted molar refractivity (Wildman–Crippen MR) is 135 cm³/mol. The molecule has 3 fully saturated rings. The molecule has 0 spiro atoms. The highest BCUT2D eigenvalue weighted by atomic mass is 15.5. The molecule has 0 radical (unpaired) electrons. The largest absolute Gasteiger partial charge is 0.399 e. The molecule has 6 heteroatoms. The van der Waals surface area contributed by atoms with E-state index in [1.165, 1.54) is 72.5 Å². The molecule has 0 saturated carbocycles. The van der Waals surface area contributed by atoms with Crippen LogP contribution in [0, 0.1) is 0 Å². The predicted octanol–water partition coefficient (Wildman–Crippen LogP) is 2.62. The normalized spacial score (nSPS) is 33.1. The maximum atomic E-state index is 5.88. The molecular weight excluding hydrogens is 396 g/mol. The van der Waals surface area contributed by atoms with Crippen LogP contribution in [0.3, 0.4) is 0 Å². The summed E-state index contributed by atoms with van der Waals surface area (Å²) in [5.74, 6) is 0. The maximum absolute atomic E-state index is 5.88. The Kier molecular flexibility index (Phi) is 5.46. The third kappa shape index (κ3) is 4.02. The Balaban J connectivity index is 1.19. The topological polar surface area (TPSA) is 58.5 Å². The summed E-state index contributed by atoms with van der Waals surface area (Å²) in [7, 11) is 5.02. The Morgan fingerprint density at radius 2 is 0.969 bits per heavy atom. The molecule has 4 N–H and O–H groups in total. The zero-order valence-corrected chi connectivity index (χ0v) is 19.8. The van der Waals surface area contributed by atoms with E-state index in [9.17, 15) is 0 Å². The number of hydrogen-bond donors (Lipinski definition) is 2. The minimum atomic E-state index is 0.733. The first kappa shape index (κ1) is 21.4. The van der Waals surface area contributed by atoms with Gasteiger partial charge in [-0.2, -0.15) is 0 Å². The molecular formula is C26H40N6+2. The highest BCUT2D eigenvalue weighted by Gasteiger charge is 2.48. The Hall–Kier alpha value is -2.44. The summed E-state index contributed by atoms with van der Waals surface area (Å²) in [5.41, 5.74) is 16.1. The standard InChI is InChI=1S/C26H40N6/c1-31(25-11-13-29(19-25)23-7-3-21(27)4-8-23)15-17-32(2,18-16-31)26-12-14-30(20-26)24-9-5-22(28)6-10-24/h3-10,25-26H,11-20,27-28H2,1-2H3/q+2. The second-order valence-corrected chi connectivity index (χ2v) is 10.8. The summed E-state index contributed by atoms with van der Waals surface area (Å²) < 4.78 is 2.46. The van der Waals surface area contributed by atoms with Crippen LogP contribution in [0.2, 0.25) is 0 Å². The van der Waals surface area contributed by atoms with Crippen molar-refractivity contribution in [3.8, 4) is 0 Å². The van der Waals surface area contributed by atoms with E-state index in [0.29, 0.717) is 0 Å². The molecule has 172 valence electrons. The van der Waals surface area contributed by atoms with E-state index >= 15 is 0 Å². The molecule has 3 aliphatic heterocycles. The SMILES string of the molecule is C[N+]1(C2CCN(c3ccc(N)cc3)C2)CC[N+](C)(C2CCN(c3ccc(N)cc3)C2)CC1. The lowest BCUT2D eigenvalue weighted by Gasteiger charge is -2.51. The van der Waals surface area contributed by atoms with Crippen LogP contribution in [0.4, 0.5) is 22.7 Å². The van der Waals surface area contributed by atoms with Crippen molar-refractivity contribution in [2.24, 2.45) is 0 Å². The molecule has 2 unspecified atom stereocenters. The Bertz CT molecular complexity index is 839. The second-order valence-electron chi connectivity index (χ2n) is 10.8. The summed E-state index contributed by atoms with van der Waals surface area (Å²) in [6, 6.07) is 18.3. The summed E-state index contributed by atoms with van der Waals surface area (Å²) in [4.78, 5) is 5.11. The van der Waals surface area contributed by atoms with Crippen molar-refractivity contribution in [1.82, 2.24) is 0 Å². The fourth-order valence-corrected chi connectivity index (χ4v) is 6.21. The van der Waals surface area contributed by atoms with Crippen molar-refractivity contribution < 1.29 is 8.97 Å². The second kappa shape index (κ2) is 8.16. The first-order valence-electron chi connectivity index (χ1n) is 12.2. The number of likely N-dealkylation sites (N-methyl/N-ethyl adjacent to an activating group) is 2. The first-order valence-corrected chi connectivity index (χ1v) is 12.2. The number of nitrogens with two attached hydrogens (primary N) is 2. The highest BCUT2D eigenvalue weighted by molar-refractivity contribution is 5.54. The number of benzene rings is 2. The van der Waals surface area contributed by atoms with Crippen molar-refractivity contribution in [3.63, 3.8) is 0 Å². The lowest BCUT2D eigenvalue weighted by molar-refractivity contribution is -1.03. The summed E-state index contributed by atoms with van der Waals surface area (Å²) in [6.07, 6.45) is 2.58. The van der Waals surface area contributed by atoms with E-state index < -0.39 is 0 Å². The zero-order valence-electron chi connectivity index (χ0n) is 19.8. The highest BCUT2D eigenvalue weighted by Crippen LogP contribution is 2.32. The van der Waals surface area contributed by atoms with Crippen molar-refractivity contribution in [3.05, 3.63) is 48.5 Å². The Labute approximate surface area is 193 Å². The van der Waals surface area contributed by atoms with Gasteiger partial charge in [0.25, 0.3) is 0 Å². The third-order valence-electron chi connectivity index (χ3n) is 8.85. The van der Waals surface area contributed by atoms with Gasteiger partial charge in [0.15, 0.2) is 0 Å². The monoisotopic (exact) mass is 436 g/mol. The van der Waals surface area contributed by atoms with Crippen molar-refractivity contribution >= 4 is 22.7 Å². The van der Waals surface area contributed by atoms with Crippen LogP contribution < -0.4 is 21.3 Å². The van der Waals surface area contributed by atoms with Crippen LogP contribution in [-0.4, -0.2) is 87.5 Å². The van der Waals surface area contributed by atoms with E-state index in [-0.39, 0.29) is 0 Å². The molecule has 0 amide bonds. The van der Waals surface area contributed by atoms with Gasteiger partial charge in [-0.3, -0.25) is 0 Å².